The van der Waals surface area contributed by atoms with E-state index in [2.05, 4.69) is 35.7 Å². The molecule has 0 amide bonds. The zero-order valence-corrected chi connectivity index (χ0v) is 27.7. The summed E-state index contributed by atoms with van der Waals surface area (Å²) in [7, 11) is 0. The van der Waals surface area contributed by atoms with Crippen molar-refractivity contribution < 1.29 is 39.5 Å². The molecule has 1 atom stereocenters. The molecule has 0 saturated heterocycles. The van der Waals surface area contributed by atoms with E-state index in [1.165, 1.54) is 65.7 Å². The molecule has 1 N–H and O–H groups in total. The van der Waals surface area contributed by atoms with Gasteiger partial charge in [0.05, 0.1) is 5.54 Å². The molecule has 11 aromatic rings. The predicted octanol–water partition coefficient (Wildman–Crippen LogP) is 4.92. The van der Waals surface area contributed by atoms with Gasteiger partial charge in [-0.25, -0.2) is 0 Å². The van der Waals surface area contributed by atoms with Gasteiger partial charge >= 0.3 is 29.6 Å². The molecule has 5 aliphatic rings. The third-order valence-electron chi connectivity index (χ3n) is 14.1. The van der Waals surface area contributed by atoms with Crippen LogP contribution in [0.1, 0.15) is 57.3 Å². The Morgan fingerprint density at radius 2 is 1.09 bits per heavy atom. The van der Waals surface area contributed by atoms with E-state index in [1.807, 2.05) is 0 Å². The summed E-state index contributed by atoms with van der Waals surface area (Å²) in [6, 6.07) is 10.3. The summed E-state index contributed by atoms with van der Waals surface area (Å²) in [5, 5.41) is 46.3. The van der Waals surface area contributed by atoms with Crippen molar-refractivity contribution in [3.63, 3.8) is 0 Å². The van der Waals surface area contributed by atoms with Crippen molar-refractivity contribution in [3.05, 3.63) is 74.8 Å². The van der Waals surface area contributed by atoms with Gasteiger partial charge < -0.3 is 15.2 Å². The van der Waals surface area contributed by atoms with Crippen LogP contribution in [0.15, 0.2) is 30.3 Å². The normalized spacial score (nSPS) is 20.1. The zero-order chi connectivity index (χ0) is 29.0. The molecule has 4 heteroatoms. The standard InChI is InChI=1S/C43H21NO2.Na/c45-21(46)2-1-3-44-43-11-19-9-17-7-15-6-16-5-13-4-14-8-18-10-20(12-43)29-34-27(18)32-23(14)22(13)30-26(16)31-24(15)25(17)33-28(19)41(42(29)43)40-38(33)36(31)35(30)37(32)39(34)40;/h5,7-9,12,44H,1-4,6,10-11H2,(H,45,46);/q;+1/p-1. The maximum Gasteiger partial charge on any atom is 1.00 e. The molecule has 0 spiro atoms. The number of hydrogen-bond donors (Lipinski definition) is 1. The number of carbonyl (C=O) groups excluding carboxylic acids is 1. The third-order valence-corrected chi connectivity index (χ3v) is 14.1. The summed E-state index contributed by atoms with van der Waals surface area (Å²) in [6.07, 6.45) is 7.23. The minimum Gasteiger partial charge on any atom is -0.550 e. The third kappa shape index (κ3) is 1.90. The monoisotopic (exact) mass is 605 g/mol. The number of carbonyl (C=O) groups is 1. The molecule has 16 rings (SSSR count). The zero-order valence-electron chi connectivity index (χ0n) is 25.7. The van der Waals surface area contributed by atoms with Gasteiger partial charge in [-0.3, -0.25) is 0 Å². The summed E-state index contributed by atoms with van der Waals surface area (Å²) < 4.78 is 0. The minimum absolute atomic E-state index is 0. The van der Waals surface area contributed by atoms with Gasteiger partial charge in [0.1, 0.15) is 0 Å². The molecule has 1 unspecified atom stereocenters. The van der Waals surface area contributed by atoms with Gasteiger partial charge in [0.25, 0.3) is 0 Å². The van der Waals surface area contributed by atoms with Crippen molar-refractivity contribution in [1.29, 1.82) is 0 Å². The number of nitrogens with one attached hydrogen (secondary N) is 1. The summed E-state index contributed by atoms with van der Waals surface area (Å²) in [5.41, 5.74) is 13.3. The molecule has 11 aromatic carbocycles. The Labute approximate surface area is 287 Å². The van der Waals surface area contributed by atoms with Gasteiger partial charge in [-0.1, -0.05) is 30.3 Å². The smallest absolute Gasteiger partial charge is 0.550 e. The van der Waals surface area contributed by atoms with Crippen LogP contribution < -0.4 is 40.0 Å². The number of carboxylic acid groups (broad SMARTS) is 1. The van der Waals surface area contributed by atoms with Crippen LogP contribution in [0.2, 0.25) is 0 Å². The minimum atomic E-state index is -0.962. The van der Waals surface area contributed by atoms with Crippen molar-refractivity contribution in [2.45, 2.75) is 44.1 Å². The SMILES string of the molecule is O=C([O-])CCCNC12C=C3Cc4cc5c6c7c(cc8c9c7c7c%10c6c4c4c3c1c1c3c(cc6cc(c%11c6c3c(c1c4%10)c7c%119)C8)C2)C5.[Na+]. The average molecular weight is 606 g/mol. The first-order chi connectivity index (χ1) is 22.6. The second-order valence-corrected chi connectivity index (χ2v) is 15.8. The van der Waals surface area contributed by atoms with E-state index in [0.717, 1.165) is 25.7 Å². The van der Waals surface area contributed by atoms with E-state index in [-0.39, 0.29) is 41.5 Å². The Kier molecular flexibility index (Phi) is 3.18. The van der Waals surface area contributed by atoms with Crippen LogP contribution >= 0.6 is 0 Å². The molecule has 5 aliphatic carbocycles. The molecule has 0 aliphatic heterocycles. The Morgan fingerprint density at radius 3 is 1.79 bits per heavy atom. The molecule has 0 fully saturated rings. The van der Waals surface area contributed by atoms with Gasteiger partial charge in [-0.2, -0.15) is 0 Å². The largest absolute Gasteiger partial charge is 1.00 e. The van der Waals surface area contributed by atoms with Gasteiger partial charge in [-0.15, -0.1) is 0 Å². The second kappa shape index (κ2) is 6.41. The molecule has 3 nitrogen and oxygen atoms in total. The van der Waals surface area contributed by atoms with E-state index in [1.54, 1.807) is 92.1 Å². The molecule has 210 valence electrons. The van der Waals surface area contributed by atoms with Crippen molar-refractivity contribution in [3.8, 4) is 0 Å². The van der Waals surface area contributed by atoms with E-state index in [0.29, 0.717) is 13.0 Å². The van der Waals surface area contributed by atoms with E-state index < -0.39 is 5.97 Å². The maximum absolute atomic E-state index is 11.4. The van der Waals surface area contributed by atoms with Crippen LogP contribution in [-0.2, 0) is 36.0 Å². The summed E-state index contributed by atoms with van der Waals surface area (Å²) >= 11 is 0. The van der Waals surface area contributed by atoms with Gasteiger partial charge in [0.15, 0.2) is 0 Å². The number of allylic oxidation sites excluding steroid dienone is 1. The number of carboxylic acids is 1. The number of benzene rings is 7. The number of aliphatic carboxylic acids is 1. The van der Waals surface area contributed by atoms with Crippen LogP contribution in [0.3, 0.4) is 0 Å². The quantitative estimate of drug-likeness (QED) is 0.172. The Balaban J connectivity index is 0.00000233. The first-order valence-electron chi connectivity index (χ1n) is 17.1. The fourth-order valence-corrected chi connectivity index (χ4v) is 13.2. The van der Waals surface area contributed by atoms with Crippen molar-refractivity contribution >= 4 is 119 Å². The van der Waals surface area contributed by atoms with Crippen molar-refractivity contribution in [2.75, 3.05) is 6.54 Å². The first kappa shape index (κ1) is 23.4. The van der Waals surface area contributed by atoms with Gasteiger partial charge in [0, 0.05) is 5.97 Å². The van der Waals surface area contributed by atoms with Gasteiger partial charge in [-0.05, 0) is 203 Å². The first-order valence-corrected chi connectivity index (χ1v) is 17.1. The van der Waals surface area contributed by atoms with Crippen molar-refractivity contribution in [1.82, 2.24) is 5.32 Å². The Bertz CT molecular complexity index is 3440. The predicted molar refractivity (Wildman–Crippen MR) is 185 cm³/mol. The topological polar surface area (TPSA) is 52.2 Å². The van der Waals surface area contributed by atoms with E-state index in [4.69, 9.17) is 0 Å². The molecule has 0 radical (unpaired) electrons. The van der Waals surface area contributed by atoms with Crippen LogP contribution in [0.25, 0.3) is 113 Å². The van der Waals surface area contributed by atoms with E-state index >= 15 is 0 Å². The van der Waals surface area contributed by atoms with Crippen LogP contribution in [-0.4, -0.2) is 12.5 Å². The molecule has 0 aromatic heterocycles. The fourth-order valence-electron chi connectivity index (χ4n) is 13.2. The van der Waals surface area contributed by atoms with E-state index in [9.17, 15) is 9.90 Å². The fraction of sp³-hybridized carbons (Fsp3) is 0.186. The van der Waals surface area contributed by atoms with Crippen molar-refractivity contribution in [2.24, 2.45) is 0 Å². The molecule has 0 heterocycles. The maximum atomic E-state index is 11.4. The molecule has 0 bridgehead atoms. The van der Waals surface area contributed by atoms with Gasteiger partial charge in [0.2, 0.25) is 0 Å². The Morgan fingerprint density at radius 1 is 0.596 bits per heavy atom. The molecule has 47 heavy (non-hydrogen) atoms. The summed E-state index contributed by atoms with van der Waals surface area (Å²) in [6.45, 7) is 0.661. The van der Waals surface area contributed by atoms with Crippen LogP contribution in [0.4, 0.5) is 0 Å². The van der Waals surface area contributed by atoms with Crippen LogP contribution in [0.5, 0.6) is 0 Å². The van der Waals surface area contributed by atoms with Crippen LogP contribution in [0, 0.1) is 0 Å². The summed E-state index contributed by atoms with van der Waals surface area (Å²) in [4.78, 5) is 11.4. The number of rotatable bonds is 5. The molecule has 0 saturated carbocycles. The molecular weight excluding hydrogens is 585 g/mol. The molecular formula is C43H20NNaO2. The Hall–Kier alpha value is -3.99. The number of hydrogen-bond acceptors (Lipinski definition) is 3. The average Bonchev–Trinajstić information content (AvgIpc) is 3.85. The summed E-state index contributed by atoms with van der Waals surface area (Å²) in [5.74, 6) is -0.962. The second-order valence-electron chi connectivity index (χ2n) is 15.8.